The van der Waals surface area contributed by atoms with Gasteiger partial charge < -0.3 is 13.9 Å². The third kappa shape index (κ3) is 2.98. The summed E-state index contributed by atoms with van der Waals surface area (Å²) in [5.41, 5.74) is 0.294. The Labute approximate surface area is 128 Å². The Morgan fingerprint density at radius 3 is 2.59 bits per heavy atom. The molecule has 2 aromatic heterocycles. The normalized spacial score (nSPS) is 11.5. The van der Waals surface area contributed by atoms with Crippen LogP contribution in [0, 0.1) is 6.92 Å². The van der Waals surface area contributed by atoms with Crippen LogP contribution in [0.15, 0.2) is 23.5 Å². The van der Waals surface area contributed by atoms with Gasteiger partial charge in [-0.1, -0.05) is 0 Å². The number of hydrogen-bond acceptors (Lipinski definition) is 5. The number of nitrogens with one attached hydrogen (secondary N) is 1. The Morgan fingerprint density at radius 1 is 1.36 bits per heavy atom. The molecule has 0 unspecified atom stereocenters. The van der Waals surface area contributed by atoms with Crippen LogP contribution in [0.2, 0.25) is 0 Å². The van der Waals surface area contributed by atoms with Gasteiger partial charge in [-0.15, -0.1) is 0 Å². The van der Waals surface area contributed by atoms with E-state index in [4.69, 9.17) is 4.74 Å². The summed E-state index contributed by atoms with van der Waals surface area (Å²) >= 11 is 0. The molecule has 0 saturated carbocycles. The standard InChI is InChI=1S/C13H18N4O4S/c1-5-21-13(18)12-10(6-7-16(12)3)15-22(19,20)11-8-17(4)9(2)14-11/h6-8,15H,5H2,1-4H3. The molecule has 120 valence electrons. The number of nitrogens with zero attached hydrogens (tertiary/aromatic N) is 3. The first kappa shape index (κ1) is 16.1. The summed E-state index contributed by atoms with van der Waals surface area (Å²) < 4.78 is 35.1. The Bertz CT molecular complexity index is 785. The maximum absolute atomic E-state index is 12.4. The lowest BCUT2D eigenvalue weighted by Gasteiger charge is -2.08. The molecule has 0 saturated heterocycles. The van der Waals surface area contributed by atoms with Crippen molar-refractivity contribution in [3.8, 4) is 0 Å². The van der Waals surface area contributed by atoms with Gasteiger partial charge in [0, 0.05) is 26.5 Å². The highest BCUT2D eigenvalue weighted by Crippen LogP contribution is 2.21. The van der Waals surface area contributed by atoms with E-state index in [-0.39, 0.29) is 23.0 Å². The van der Waals surface area contributed by atoms with Gasteiger partial charge in [-0.3, -0.25) is 4.72 Å². The lowest BCUT2D eigenvalue weighted by Crippen LogP contribution is -2.17. The van der Waals surface area contributed by atoms with E-state index in [1.54, 1.807) is 38.7 Å². The quantitative estimate of drug-likeness (QED) is 0.829. The van der Waals surface area contributed by atoms with E-state index in [2.05, 4.69) is 9.71 Å². The van der Waals surface area contributed by atoms with Crippen molar-refractivity contribution in [2.45, 2.75) is 18.9 Å². The zero-order chi connectivity index (χ0) is 16.5. The summed E-state index contributed by atoms with van der Waals surface area (Å²) in [7, 11) is -0.539. The second-order valence-corrected chi connectivity index (χ2v) is 6.38. The maximum Gasteiger partial charge on any atom is 0.357 e. The number of ether oxygens (including phenoxy) is 1. The molecular weight excluding hydrogens is 308 g/mol. The Kier molecular flexibility index (Phi) is 4.27. The molecule has 0 amide bonds. The number of carbonyl (C=O) groups is 1. The third-order valence-electron chi connectivity index (χ3n) is 3.15. The van der Waals surface area contributed by atoms with Crippen molar-refractivity contribution in [2.75, 3.05) is 11.3 Å². The van der Waals surface area contributed by atoms with Crippen molar-refractivity contribution in [3.63, 3.8) is 0 Å². The smallest absolute Gasteiger partial charge is 0.357 e. The molecule has 22 heavy (non-hydrogen) atoms. The SMILES string of the molecule is CCOC(=O)c1c(NS(=O)(=O)c2cn(C)c(C)n2)ccn1C. The van der Waals surface area contributed by atoms with Gasteiger partial charge in [0.25, 0.3) is 10.0 Å². The summed E-state index contributed by atoms with van der Waals surface area (Å²) in [6, 6.07) is 1.50. The van der Waals surface area contributed by atoms with E-state index in [0.29, 0.717) is 5.82 Å². The molecule has 0 aliphatic rings. The molecule has 0 atom stereocenters. The average molecular weight is 326 g/mol. The Balaban J connectivity index is 2.36. The molecule has 2 aromatic rings. The highest BCUT2D eigenvalue weighted by atomic mass is 32.2. The molecule has 0 aliphatic heterocycles. The van der Waals surface area contributed by atoms with Crippen molar-refractivity contribution in [1.82, 2.24) is 14.1 Å². The fraction of sp³-hybridized carbons (Fsp3) is 0.385. The lowest BCUT2D eigenvalue weighted by atomic mass is 10.4. The summed E-state index contributed by atoms with van der Waals surface area (Å²) in [5.74, 6) is -0.0241. The highest BCUT2D eigenvalue weighted by Gasteiger charge is 2.24. The number of sulfonamides is 1. The molecule has 0 aromatic carbocycles. The van der Waals surface area contributed by atoms with Crippen molar-refractivity contribution in [2.24, 2.45) is 14.1 Å². The van der Waals surface area contributed by atoms with Gasteiger partial charge in [0.15, 0.2) is 10.7 Å². The molecule has 0 spiro atoms. The molecule has 0 fully saturated rings. The van der Waals surface area contributed by atoms with Crippen LogP contribution in [-0.4, -0.2) is 35.1 Å². The van der Waals surface area contributed by atoms with Gasteiger partial charge >= 0.3 is 5.97 Å². The average Bonchev–Trinajstić information content (AvgIpc) is 2.94. The van der Waals surface area contributed by atoms with Gasteiger partial charge in [-0.2, -0.15) is 8.42 Å². The van der Waals surface area contributed by atoms with E-state index >= 15 is 0 Å². The Morgan fingerprint density at radius 2 is 2.05 bits per heavy atom. The number of anilines is 1. The number of aromatic nitrogens is 3. The van der Waals surface area contributed by atoms with Crippen molar-refractivity contribution >= 4 is 21.7 Å². The molecule has 2 rings (SSSR count). The summed E-state index contributed by atoms with van der Waals surface area (Å²) in [6.07, 6.45) is 2.98. The third-order valence-corrected chi connectivity index (χ3v) is 4.38. The van der Waals surface area contributed by atoms with Crippen LogP contribution >= 0.6 is 0 Å². The molecule has 2 heterocycles. The fourth-order valence-electron chi connectivity index (χ4n) is 1.92. The van der Waals surface area contributed by atoms with E-state index in [9.17, 15) is 13.2 Å². The number of aryl methyl sites for hydroxylation is 3. The number of esters is 1. The van der Waals surface area contributed by atoms with Crippen LogP contribution in [-0.2, 0) is 28.9 Å². The number of carbonyl (C=O) groups excluding carboxylic acids is 1. The zero-order valence-electron chi connectivity index (χ0n) is 12.8. The van der Waals surface area contributed by atoms with E-state index in [0.717, 1.165) is 0 Å². The first-order chi connectivity index (χ1) is 10.3. The summed E-state index contributed by atoms with van der Waals surface area (Å²) in [4.78, 5) is 15.9. The predicted octanol–water partition coefficient (Wildman–Crippen LogP) is 1.04. The van der Waals surface area contributed by atoms with Crippen LogP contribution in [0.3, 0.4) is 0 Å². The maximum atomic E-state index is 12.4. The fourth-order valence-corrected chi connectivity index (χ4v) is 3.03. The highest BCUT2D eigenvalue weighted by molar-refractivity contribution is 7.92. The molecule has 9 heteroatoms. The van der Waals surface area contributed by atoms with Crippen LogP contribution in [0.1, 0.15) is 23.2 Å². The summed E-state index contributed by atoms with van der Waals surface area (Å²) in [5, 5.41) is -0.105. The number of imidazole rings is 1. The van der Waals surface area contributed by atoms with Crippen molar-refractivity contribution in [1.29, 1.82) is 0 Å². The number of hydrogen-bond donors (Lipinski definition) is 1. The van der Waals surface area contributed by atoms with Crippen molar-refractivity contribution in [3.05, 3.63) is 30.0 Å². The van der Waals surface area contributed by atoms with Crippen LogP contribution in [0.5, 0.6) is 0 Å². The van der Waals surface area contributed by atoms with Gasteiger partial charge in [0.05, 0.1) is 12.3 Å². The second-order valence-electron chi connectivity index (χ2n) is 4.75. The van der Waals surface area contributed by atoms with Gasteiger partial charge in [0.2, 0.25) is 0 Å². The van der Waals surface area contributed by atoms with E-state index < -0.39 is 16.0 Å². The molecule has 1 N–H and O–H groups in total. The minimum absolute atomic E-state index is 0.105. The predicted molar refractivity (Wildman–Crippen MR) is 80.1 cm³/mol. The first-order valence-corrected chi connectivity index (χ1v) is 8.09. The first-order valence-electron chi connectivity index (χ1n) is 6.61. The minimum atomic E-state index is -3.88. The molecule has 0 radical (unpaired) electrons. The summed E-state index contributed by atoms with van der Waals surface area (Å²) in [6.45, 7) is 3.59. The van der Waals surface area contributed by atoms with Crippen LogP contribution < -0.4 is 4.72 Å². The second kappa shape index (κ2) is 5.84. The topological polar surface area (TPSA) is 95.2 Å². The molecule has 8 nitrogen and oxygen atoms in total. The van der Waals surface area contributed by atoms with Crippen LogP contribution in [0.4, 0.5) is 5.69 Å². The number of rotatable bonds is 5. The van der Waals surface area contributed by atoms with Gasteiger partial charge in [-0.05, 0) is 19.9 Å². The molecule has 0 aliphatic carbocycles. The molecule has 0 bridgehead atoms. The Hall–Kier alpha value is -2.29. The molecular formula is C13H18N4O4S. The minimum Gasteiger partial charge on any atom is -0.461 e. The van der Waals surface area contributed by atoms with E-state index in [1.165, 1.54) is 16.8 Å². The van der Waals surface area contributed by atoms with Crippen molar-refractivity contribution < 1.29 is 17.9 Å². The van der Waals surface area contributed by atoms with Crippen LogP contribution in [0.25, 0.3) is 0 Å². The lowest BCUT2D eigenvalue weighted by molar-refractivity contribution is 0.0516. The van der Waals surface area contributed by atoms with Gasteiger partial charge in [0.1, 0.15) is 5.82 Å². The van der Waals surface area contributed by atoms with E-state index in [1.807, 2.05) is 0 Å². The monoisotopic (exact) mass is 326 g/mol. The zero-order valence-corrected chi connectivity index (χ0v) is 13.6. The largest absolute Gasteiger partial charge is 0.461 e. The van der Waals surface area contributed by atoms with Gasteiger partial charge in [-0.25, -0.2) is 9.78 Å².